The first-order chi connectivity index (χ1) is 9.66. The molecular formula is C15H28LiN3O2. The zero-order valence-electron chi connectivity index (χ0n) is 13.9. The maximum Gasteiger partial charge on any atom is 1.00 e. The Kier molecular flexibility index (Phi) is 8.92. The Labute approximate surface area is 140 Å². The molecule has 0 amide bonds. The number of likely N-dealkylation sites (tertiary alicyclic amines) is 1. The molecule has 1 atom stereocenters. The molecule has 2 fully saturated rings. The fourth-order valence-electron chi connectivity index (χ4n) is 3.08. The van der Waals surface area contributed by atoms with Gasteiger partial charge in [-0.05, 0) is 33.5 Å². The van der Waals surface area contributed by atoms with Crippen LogP contribution in [-0.4, -0.2) is 75.2 Å². The van der Waals surface area contributed by atoms with Gasteiger partial charge in [0.05, 0.1) is 12.5 Å². The molecule has 0 spiro atoms. The fraction of sp³-hybridized carbons (Fsp3) is 0.933. The number of nitrogens with zero attached hydrogens (tertiary/aromatic N) is 3. The first kappa shape index (κ1) is 19.0. The molecule has 2 rings (SSSR count). The molecule has 2 heterocycles. The number of hydrogen-bond donors (Lipinski definition) is 0. The minimum Gasteiger partial charge on any atom is -0.662 e. The molecule has 5 nitrogen and oxygen atoms in total. The number of ether oxygens (including phenoxy) is 1. The molecule has 0 aromatic rings. The molecule has 0 aromatic carbocycles. The first-order valence-corrected chi connectivity index (χ1v) is 7.85. The largest absolute Gasteiger partial charge is 1.00 e. The number of rotatable bonds is 6. The maximum absolute atomic E-state index is 12.0. The summed E-state index contributed by atoms with van der Waals surface area (Å²) in [6.07, 6.45) is 4.19. The Bertz CT molecular complexity index is 309. The van der Waals surface area contributed by atoms with Crippen LogP contribution < -0.4 is 18.9 Å². The van der Waals surface area contributed by atoms with Gasteiger partial charge in [0.1, 0.15) is 0 Å². The summed E-state index contributed by atoms with van der Waals surface area (Å²) in [7, 11) is 4.07. The summed E-state index contributed by atoms with van der Waals surface area (Å²) in [5, 5.41) is 4.39. The third-order valence-corrected chi connectivity index (χ3v) is 4.30. The molecule has 0 saturated carbocycles. The smallest absolute Gasteiger partial charge is 0.662 e. The molecule has 2 saturated heterocycles. The molecule has 1 unspecified atom stereocenters. The topological polar surface area (TPSA) is 46.9 Å². The summed E-state index contributed by atoms with van der Waals surface area (Å²) >= 11 is 0. The van der Waals surface area contributed by atoms with E-state index in [9.17, 15) is 4.79 Å². The molecule has 0 radical (unpaired) electrons. The Hall–Kier alpha value is -0.0526. The van der Waals surface area contributed by atoms with Crippen molar-refractivity contribution >= 4 is 5.97 Å². The van der Waals surface area contributed by atoms with Crippen molar-refractivity contribution in [3.63, 3.8) is 0 Å². The van der Waals surface area contributed by atoms with Crippen molar-refractivity contribution in [3.05, 3.63) is 5.32 Å². The van der Waals surface area contributed by atoms with Gasteiger partial charge in [-0.15, -0.1) is 13.1 Å². The molecule has 6 heteroatoms. The van der Waals surface area contributed by atoms with E-state index in [0.717, 1.165) is 58.4 Å². The van der Waals surface area contributed by atoms with Crippen molar-refractivity contribution in [2.24, 2.45) is 5.92 Å². The second-order valence-electron chi connectivity index (χ2n) is 6.21. The molecule has 2 aliphatic heterocycles. The number of carbonyl (C=O) groups is 1. The van der Waals surface area contributed by atoms with Crippen molar-refractivity contribution in [1.29, 1.82) is 0 Å². The maximum atomic E-state index is 12.0. The summed E-state index contributed by atoms with van der Waals surface area (Å²) in [5.41, 5.74) is 0. The van der Waals surface area contributed by atoms with Gasteiger partial charge in [0, 0.05) is 19.1 Å². The van der Waals surface area contributed by atoms with Crippen LogP contribution in [0.2, 0.25) is 0 Å². The van der Waals surface area contributed by atoms with E-state index in [2.05, 4.69) is 15.1 Å². The standard InChI is InChI=1S/C15H28N3O2.Li/c1-17(2)9-3-11-20-15(19)13-6-10-18(12-13)14-4-7-16-8-5-14;/h13-14H,3-12H2,1-2H3;/q-1;+1. The average Bonchev–Trinajstić information content (AvgIpc) is 2.94. The van der Waals surface area contributed by atoms with Gasteiger partial charge < -0.3 is 15.0 Å². The van der Waals surface area contributed by atoms with E-state index < -0.39 is 0 Å². The van der Waals surface area contributed by atoms with Gasteiger partial charge in [-0.25, -0.2) is 0 Å². The normalized spacial score (nSPS) is 24.0. The van der Waals surface area contributed by atoms with Crippen molar-refractivity contribution < 1.29 is 28.4 Å². The molecule has 0 bridgehead atoms. The van der Waals surface area contributed by atoms with Gasteiger partial charge in [0.2, 0.25) is 0 Å². The van der Waals surface area contributed by atoms with Crippen LogP contribution in [-0.2, 0) is 9.53 Å². The summed E-state index contributed by atoms with van der Waals surface area (Å²) in [6.45, 7) is 5.42. The minimum atomic E-state index is 0. The van der Waals surface area contributed by atoms with Crippen LogP contribution in [0.3, 0.4) is 0 Å². The Morgan fingerprint density at radius 3 is 2.67 bits per heavy atom. The summed E-state index contributed by atoms with van der Waals surface area (Å²) in [6, 6.07) is 0.638. The summed E-state index contributed by atoms with van der Waals surface area (Å²) in [5.74, 6) is 0.0972. The summed E-state index contributed by atoms with van der Waals surface area (Å²) < 4.78 is 5.40. The second-order valence-corrected chi connectivity index (χ2v) is 6.21. The third kappa shape index (κ3) is 6.30. The Morgan fingerprint density at radius 1 is 1.29 bits per heavy atom. The molecule has 0 N–H and O–H groups in total. The van der Waals surface area contributed by atoms with Gasteiger partial charge in [0.15, 0.2) is 0 Å². The van der Waals surface area contributed by atoms with Gasteiger partial charge in [0.25, 0.3) is 0 Å². The van der Waals surface area contributed by atoms with E-state index in [-0.39, 0.29) is 30.7 Å². The van der Waals surface area contributed by atoms with Gasteiger partial charge in [-0.3, -0.25) is 9.69 Å². The van der Waals surface area contributed by atoms with Crippen LogP contribution in [0.4, 0.5) is 0 Å². The second kappa shape index (κ2) is 9.86. The minimum absolute atomic E-state index is 0. The monoisotopic (exact) mass is 289 g/mol. The average molecular weight is 289 g/mol. The van der Waals surface area contributed by atoms with Crippen LogP contribution in [0.25, 0.3) is 5.32 Å². The first-order valence-electron chi connectivity index (χ1n) is 7.85. The van der Waals surface area contributed by atoms with E-state index in [1.807, 2.05) is 14.1 Å². The Morgan fingerprint density at radius 2 is 2.00 bits per heavy atom. The van der Waals surface area contributed by atoms with E-state index in [1.165, 1.54) is 0 Å². The van der Waals surface area contributed by atoms with Crippen LogP contribution in [0.5, 0.6) is 0 Å². The number of esters is 1. The van der Waals surface area contributed by atoms with Crippen molar-refractivity contribution in [2.45, 2.75) is 31.7 Å². The van der Waals surface area contributed by atoms with Crippen LogP contribution in [0.1, 0.15) is 25.7 Å². The number of carbonyl (C=O) groups excluding carboxylic acids is 1. The SMILES string of the molecule is CN(C)CCCOC(=O)C1CCN(C2CC[N-]CC2)C1.[Li+]. The predicted molar refractivity (Wildman–Crippen MR) is 79.9 cm³/mol. The molecule has 116 valence electrons. The van der Waals surface area contributed by atoms with Gasteiger partial charge in [-0.1, -0.05) is 12.8 Å². The van der Waals surface area contributed by atoms with Gasteiger partial charge in [-0.2, -0.15) is 0 Å². The van der Waals surface area contributed by atoms with Crippen molar-refractivity contribution in [1.82, 2.24) is 9.80 Å². The third-order valence-electron chi connectivity index (χ3n) is 4.30. The Balaban J connectivity index is 0.00000220. The number of hydrogen-bond acceptors (Lipinski definition) is 4. The van der Waals surface area contributed by atoms with Crippen molar-refractivity contribution in [2.75, 3.05) is 53.4 Å². The predicted octanol–water partition coefficient (Wildman–Crippen LogP) is -1.66. The van der Waals surface area contributed by atoms with E-state index in [4.69, 9.17) is 4.74 Å². The zero-order chi connectivity index (χ0) is 14.4. The molecule has 2 aliphatic rings. The van der Waals surface area contributed by atoms with Crippen LogP contribution in [0.15, 0.2) is 0 Å². The fourth-order valence-corrected chi connectivity index (χ4v) is 3.08. The molecule has 21 heavy (non-hydrogen) atoms. The van der Waals surface area contributed by atoms with E-state index in [0.29, 0.717) is 12.6 Å². The number of piperidine rings is 1. The molecular weight excluding hydrogens is 261 g/mol. The molecule has 0 aliphatic carbocycles. The van der Waals surface area contributed by atoms with Crippen LogP contribution in [0, 0.1) is 5.92 Å². The molecule has 0 aromatic heterocycles. The van der Waals surface area contributed by atoms with Crippen LogP contribution >= 0.6 is 0 Å². The van der Waals surface area contributed by atoms with Gasteiger partial charge >= 0.3 is 24.8 Å². The zero-order valence-corrected chi connectivity index (χ0v) is 13.9. The van der Waals surface area contributed by atoms with E-state index >= 15 is 0 Å². The summed E-state index contributed by atoms with van der Waals surface area (Å²) in [4.78, 5) is 16.6. The van der Waals surface area contributed by atoms with Crippen molar-refractivity contribution in [3.8, 4) is 0 Å². The van der Waals surface area contributed by atoms with E-state index in [1.54, 1.807) is 0 Å². The quantitative estimate of drug-likeness (QED) is 0.334.